The first kappa shape index (κ1) is 9.97. The van der Waals surface area contributed by atoms with Crippen LogP contribution < -0.4 is 15.4 Å². The van der Waals surface area contributed by atoms with E-state index in [1.807, 2.05) is 6.07 Å². The Morgan fingerprint density at radius 1 is 1.25 bits per heavy atom. The summed E-state index contributed by atoms with van der Waals surface area (Å²) in [6.45, 7) is 3.31. The minimum Gasteiger partial charge on any atom is -0.495 e. The van der Waals surface area contributed by atoms with Crippen molar-refractivity contribution in [3.05, 3.63) is 23.8 Å². The quantitative estimate of drug-likeness (QED) is 0.753. The van der Waals surface area contributed by atoms with Crippen LogP contribution in [0.2, 0.25) is 0 Å². The summed E-state index contributed by atoms with van der Waals surface area (Å²) in [5.74, 6) is 0.980. The highest BCUT2D eigenvalue weighted by molar-refractivity contribution is 5.68. The van der Waals surface area contributed by atoms with Crippen LogP contribution in [-0.2, 0) is 5.41 Å². The highest BCUT2D eigenvalue weighted by atomic mass is 16.5. The lowest BCUT2D eigenvalue weighted by Gasteiger charge is -2.33. The van der Waals surface area contributed by atoms with Crippen molar-refractivity contribution in [2.75, 3.05) is 32.1 Å². The van der Waals surface area contributed by atoms with Crippen molar-refractivity contribution >= 4 is 5.69 Å². The van der Waals surface area contributed by atoms with E-state index in [1.54, 1.807) is 7.11 Å². The van der Waals surface area contributed by atoms with Crippen LogP contribution in [0.3, 0.4) is 0 Å². The fraction of sp³-hybridized carbons (Fsp3) is 0.538. The molecule has 2 N–H and O–H groups in total. The molecular weight excluding hydrogens is 200 g/mol. The van der Waals surface area contributed by atoms with Gasteiger partial charge in [0.1, 0.15) is 5.75 Å². The highest BCUT2D eigenvalue weighted by Crippen LogP contribution is 2.46. The van der Waals surface area contributed by atoms with Crippen LogP contribution in [0.1, 0.15) is 18.4 Å². The molecule has 0 amide bonds. The molecule has 1 aromatic rings. The van der Waals surface area contributed by atoms with Crippen molar-refractivity contribution in [1.82, 2.24) is 5.32 Å². The monoisotopic (exact) mass is 218 g/mol. The molecule has 2 aliphatic rings. The summed E-state index contributed by atoms with van der Waals surface area (Å²) in [4.78, 5) is 0. The van der Waals surface area contributed by atoms with Crippen molar-refractivity contribution in [3.8, 4) is 5.75 Å². The van der Waals surface area contributed by atoms with Gasteiger partial charge in [-0.2, -0.15) is 0 Å². The number of hydrogen-bond donors (Lipinski definition) is 2. The molecule has 1 aromatic carbocycles. The maximum Gasteiger partial charge on any atom is 0.142 e. The average molecular weight is 218 g/mol. The van der Waals surface area contributed by atoms with E-state index in [4.69, 9.17) is 4.74 Å². The third-order valence-electron chi connectivity index (χ3n) is 3.98. The number of anilines is 1. The number of methoxy groups -OCH3 is 1. The zero-order valence-corrected chi connectivity index (χ0v) is 9.68. The Bertz CT molecular complexity index is 397. The lowest BCUT2D eigenvalue weighted by atomic mass is 9.75. The lowest BCUT2D eigenvalue weighted by Crippen LogP contribution is -2.41. The maximum atomic E-state index is 5.41. The van der Waals surface area contributed by atoms with E-state index in [0.29, 0.717) is 5.41 Å². The lowest BCUT2D eigenvalue weighted by molar-refractivity contribution is 0.334. The topological polar surface area (TPSA) is 33.3 Å². The van der Waals surface area contributed by atoms with E-state index in [-0.39, 0.29) is 0 Å². The van der Waals surface area contributed by atoms with Gasteiger partial charge >= 0.3 is 0 Å². The van der Waals surface area contributed by atoms with Gasteiger partial charge in [0.2, 0.25) is 0 Å². The van der Waals surface area contributed by atoms with Gasteiger partial charge < -0.3 is 15.4 Å². The third kappa shape index (κ3) is 1.31. The Hall–Kier alpha value is -1.22. The van der Waals surface area contributed by atoms with Crippen LogP contribution in [0.4, 0.5) is 5.69 Å². The van der Waals surface area contributed by atoms with E-state index in [2.05, 4.69) is 22.8 Å². The normalized spacial score (nSPS) is 21.6. The minimum absolute atomic E-state index is 0.342. The average Bonchev–Trinajstić information content (AvgIpc) is 2.70. The van der Waals surface area contributed by atoms with Crippen LogP contribution >= 0.6 is 0 Å². The summed E-state index contributed by atoms with van der Waals surface area (Å²) in [5.41, 5.74) is 3.01. The maximum absolute atomic E-state index is 5.41. The molecular formula is C13H18N2O. The Morgan fingerprint density at radius 3 is 2.81 bits per heavy atom. The Morgan fingerprint density at radius 2 is 2.06 bits per heavy atom. The Balaban J connectivity index is 2.04. The second-order valence-electron chi connectivity index (χ2n) is 4.77. The van der Waals surface area contributed by atoms with E-state index in [0.717, 1.165) is 25.4 Å². The molecule has 1 saturated heterocycles. The van der Waals surface area contributed by atoms with Gasteiger partial charge in [0.25, 0.3) is 0 Å². The molecule has 3 heteroatoms. The van der Waals surface area contributed by atoms with Gasteiger partial charge in [-0.05, 0) is 37.6 Å². The number of ether oxygens (including phenoxy) is 1. The Labute approximate surface area is 96.2 Å². The molecule has 2 heterocycles. The van der Waals surface area contributed by atoms with Gasteiger partial charge in [-0.1, -0.05) is 12.1 Å². The zero-order chi connectivity index (χ0) is 11.0. The second kappa shape index (κ2) is 3.67. The van der Waals surface area contributed by atoms with Gasteiger partial charge in [-0.3, -0.25) is 0 Å². The van der Waals surface area contributed by atoms with Crippen LogP contribution in [-0.4, -0.2) is 26.7 Å². The highest BCUT2D eigenvalue weighted by Gasteiger charge is 2.40. The molecule has 1 fully saturated rings. The molecule has 86 valence electrons. The van der Waals surface area contributed by atoms with E-state index in [9.17, 15) is 0 Å². The van der Waals surface area contributed by atoms with Gasteiger partial charge in [0.05, 0.1) is 12.8 Å². The van der Waals surface area contributed by atoms with Crippen molar-refractivity contribution in [2.45, 2.75) is 18.3 Å². The number of hydrogen-bond acceptors (Lipinski definition) is 3. The molecule has 0 aliphatic carbocycles. The first-order valence-corrected chi connectivity index (χ1v) is 5.98. The molecule has 0 unspecified atom stereocenters. The summed E-state index contributed by atoms with van der Waals surface area (Å²) < 4.78 is 5.41. The van der Waals surface area contributed by atoms with Crippen molar-refractivity contribution in [1.29, 1.82) is 0 Å². The van der Waals surface area contributed by atoms with Crippen LogP contribution in [0.5, 0.6) is 5.75 Å². The SMILES string of the molecule is COc1cccc2c1NCC21CCNCC1. The second-order valence-corrected chi connectivity index (χ2v) is 4.77. The Kier molecular flexibility index (Phi) is 2.28. The molecule has 0 atom stereocenters. The summed E-state index contributed by atoms with van der Waals surface area (Å²) in [6.07, 6.45) is 2.44. The molecule has 2 aliphatic heterocycles. The molecule has 0 aromatic heterocycles. The van der Waals surface area contributed by atoms with Crippen LogP contribution in [0, 0.1) is 0 Å². The van der Waals surface area contributed by atoms with Crippen LogP contribution in [0.25, 0.3) is 0 Å². The zero-order valence-electron chi connectivity index (χ0n) is 9.68. The largest absolute Gasteiger partial charge is 0.495 e. The minimum atomic E-state index is 0.342. The fourth-order valence-electron chi connectivity index (χ4n) is 3.03. The number of benzene rings is 1. The summed E-state index contributed by atoms with van der Waals surface area (Å²) >= 11 is 0. The van der Waals surface area contributed by atoms with Crippen molar-refractivity contribution in [3.63, 3.8) is 0 Å². The molecule has 0 saturated carbocycles. The van der Waals surface area contributed by atoms with E-state index < -0.39 is 0 Å². The number of nitrogens with one attached hydrogen (secondary N) is 2. The summed E-state index contributed by atoms with van der Waals surface area (Å²) in [6, 6.07) is 6.39. The standard InChI is InChI=1S/C13H18N2O/c1-16-11-4-2-3-10-12(11)15-9-13(10)5-7-14-8-6-13/h2-4,14-15H,5-9H2,1H3. The summed E-state index contributed by atoms with van der Waals surface area (Å²) in [5, 5.41) is 6.96. The molecule has 1 spiro atoms. The van der Waals surface area contributed by atoms with Gasteiger partial charge in [0.15, 0.2) is 0 Å². The number of fused-ring (bicyclic) bond motifs is 2. The van der Waals surface area contributed by atoms with Crippen molar-refractivity contribution in [2.24, 2.45) is 0 Å². The third-order valence-corrected chi connectivity index (χ3v) is 3.98. The van der Waals surface area contributed by atoms with Crippen molar-refractivity contribution < 1.29 is 4.74 Å². The van der Waals surface area contributed by atoms with E-state index in [1.165, 1.54) is 24.1 Å². The predicted molar refractivity (Wildman–Crippen MR) is 65.3 cm³/mol. The van der Waals surface area contributed by atoms with Crippen LogP contribution in [0.15, 0.2) is 18.2 Å². The number of para-hydroxylation sites is 1. The molecule has 3 rings (SSSR count). The molecule has 0 bridgehead atoms. The summed E-state index contributed by atoms with van der Waals surface area (Å²) in [7, 11) is 1.74. The number of piperidine rings is 1. The fourth-order valence-corrected chi connectivity index (χ4v) is 3.03. The van der Waals surface area contributed by atoms with Gasteiger partial charge in [-0.15, -0.1) is 0 Å². The smallest absolute Gasteiger partial charge is 0.142 e. The first-order valence-electron chi connectivity index (χ1n) is 5.98. The molecule has 0 radical (unpaired) electrons. The van der Waals surface area contributed by atoms with E-state index >= 15 is 0 Å². The number of rotatable bonds is 1. The molecule has 16 heavy (non-hydrogen) atoms. The molecule has 3 nitrogen and oxygen atoms in total. The predicted octanol–water partition coefficient (Wildman–Crippen LogP) is 1.74. The van der Waals surface area contributed by atoms with Gasteiger partial charge in [0, 0.05) is 12.0 Å². The van der Waals surface area contributed by atoms with Gasteiger partial charge in [-0.25, -0.2) is 0 Å². The first-order chi connectivity index (χ1) is 7.86.